The molecular weight excluding hydrogens is 228 g/mol. The lowest BCUT2D eigenvalue weighted by atomic mass is 9.96. The molecule has 0 amide bonds. The highest BCUT2D eigenvalue weighted by Crippen LogP contribution is 2.29. The van der Waals surface area contributed by atoms with Crippen LogP contribution in [0, 0.1) is 5.92 Å². The zero-order valence-electron chi connectivity index (χ0n) is 11.5. The highest BCUT2D eigenvalue weighted by Gasteiger charge is 2.09. The van der Waals surface area contributed by atoms with Gasteiger partial charge in [0.1, 0.15) is 0 Å². The van der Waals surface area contributed by atoms with Gasteiger partial charge < -0.3 is 0 Å². The molecule has 0 heterocycles. The van der Waals surface area contributed by atoms with E-state index in [0.717, 1.165) is 12.3 Å². The number of alkyl halides is 1. The predicted molar refractivity (Wildman–Crippen MR) is 77.8 cm³/mol. The third-order valence-corrected chi connectivity index (χ3v) is 3.95. The molecule has 2 unspecified atom stereocenters. The third kappa shape index (κ3) is 4.71. The Morgan fingerprint density at radius 2 is 1.47 bits per heavy atom. The lowest BCUT2D eigenvalue weighted by Crippen LogP contribution is -1.96. The molecule has 0 saturated heterocycles. The van der Waals surface area contributed by atoms with E-state index >= 15 is 0 Å². The van der Waals surface area contributed by atoms with Gasteiger partial charge in [0.05, 0.1) is 5.38 Å². The van der Waals surface area contributed by atoms with Gasteiger partial charge in [-0.15, -0.1) is 11.6 Å². The Morgan fingerprint density at radius 1 is 0.941 bits per heavy atom. The Morgan fingerprint density at radius 3 is 1.94 bits per heavy atom. The zero-order chi connectivity index (χ0) is 12.8. The van der Waals surface area contributed by atoms with Crippen LogP contribution >= 0.6 is 11.6 Å². The van der Waals surface area contributed by atoms with Crippen molar-refractivity contribution in [3.63, 3.8) is 0 Å². The summed E-state index contributed by atoms with van der Waals surface area (Å²) in [5.41, 5.74) is 2.68. The van der Waals surface area contributed by atoms with Gasteiger partial charge in [-0.2, -0.15) is 0 Å². The molecule has 1 heteroatoms. The normalized spacial score (nSPS) is 14.9. The maximum absolute atomic E-state index is 6.42. The Hall–Kier alpha value is -0.490. The van der Waals surface area contributed by atoms with Crippen molar-refractivity contribution in [2.75, 3.05) is 0 Å². The fourth-order valence-corrected chi connectivity index (χ4v) is 2.19. The second-order valence-electron chi connectivity index (χ2n) is 5.41. The van der Waals surface area contributed by atoms with E-state index in [9.17, 15) is 0 Å². The molecule has 1 aromatic rings. The summed E-state index contributed by atoms with van der Waals surface area (Å²) in [6.45, 7) is 8.99. The maximum atomic E-state index is 6.42. The van der Waals surface area contributed by atoms with Gasteiger partial charge in [-0.25, -0.2) is 0 Å². The summed E-state index contributed by atoms with van der Waals surface area (Å²) < 4.78 is 0. The average Bonchev–Trinajstić information content (AvgIpc) is 2.35. The SMILES string of the molecule is CCC(C)c1ccc(C(Cl)CCC(C)C)cc1. The molecule has 0 aromatic heterocycles. The first-order chi connectivity index (χ1) is 8.04. The van der Waals surface area contributed by atoms with Crippen molar-refractivity contribution in [1.29, 1.82) is 0 Å². The smallest absolute Gasteiger partial charge is 0.0585 e. The van der Waals surface area contributed by atoms with Crippen molar-refractivity contribution in [1.82, 2.24) is 0 Å². The van der Waals surface area contributed by atoms with E-state index in [2.05, 4.69) is 52.0 Å². The summed E-state index contributed by atoms with van der Waals surface area (Å²) in [5.74, 6) is 1.38. The van der Waals surface area contributed by atoms with Crippen LogP contribution in [0.3, 0.4) is 0 Å². The van der Waals surface area contributed by atoms with Crippen LogP contribution in [0.15, 0.2) is 24.3 Å². The van der Waals surface area contributed by atoms with Crippen LogP contribution in [0.5, 0.6) is 0 Å². The molecule has 0 aliphatic heterocycles. The Balaban J connectivity index is 2.60. The summed E-state index contributed by atoms with van der Waals surface area (Å²) >= 11 is 6.42. The van der Waals surface area contributed by atoms with Gasteiger partial charge in [-0.05, 0) is 42.2 Å². The van der Waals surface area contributed by atoms with Crippen LogP contribution in [0.4, 0.5) is 0 Å². The number of hydrogen-bond acceptors (Lipinski definition) is 0. The average molecular weight is 253 g/mol. The van der Waals surface area contributed by atoms with Gasteiger partial charge in [-0.1, -0.05) is 52.0 Å². The number of benzene rings is 1. The number of hydrogen-bond donors (Lipinski definition) is 0. The highest BCUT2D eigenvalue weighted by molar-refractivity contribution is 6.20. The van der Waals surface area contributed by atoms with Crippen molar-refractivity contribution in [3.05, 3.63) is 35.4 Å². The second kappa shape index (κ2) is 7.06. The standard InChI is InChI=1S/C16H25Cl/c1-5-13(4)14-7-9-15(10-8-14)16(17)11-6-12(2)3/h7-10,12-13,16H,5-6,11H2,1-4H3. The van der Waals surface area contributed by atoms with Crippen molar-refractivity contribution in [3.8, 4) is 0 Å². The molecule has 96 valence electrons. The van der Waals surface area contributed by atoms with E-state index < -0.39 is 0 Å². The summed E-state index contributed by atoms with van der Waals surface area (Å²) in [5, 5.41) is 0.170. The molecule has 0 aliphatic carbocycles. The maximum Gasteiger partial charge on any atom is 0.0585 e. The molecule has 0 saturated carbocycles. The largest absolute Gasteiger partial charge is 0.118 e. The molecule has 1 aromatic carbocycles. The van der Waals surface area contributed by atoms with Crippen molar-refractivity contribution in [2.24, 2.45) is 5.92 Å². The molecule has 2 atom stereocenters. The van der Waals surface area contributed by atoms with Gasteiger partial charge >= 0.3 is 0 Å². The van der Waals surface area contributed by atoms with Gasteiger partial charge in [0, 0.05) is 0 Å². The van der Waals surface area contributed by atoms with Gasteiger partial charge in [-0.3, -0.25) is 0 Å². The zero-order valence-corrected chi connectivity index (χ0v) is 12.3. The Bertz CT molecular complexity index is 313. The Kier molecular flexibility index (Phi) is 6.05. The Labute approximate surface area is 111 Å². The first-order valence-electron chi connectivity index (χ1n) is 6.78. The summed E-state index contributed by atoms with van der Waals surface area (Å²) in [6.07, 6.45) is 3.46. The molecule has 17 heavy (non-hydrogen) atoms. The second-order valence-corrected chi connectivity index (χ2v) is 5.94. The van der Waals surface area contributed by atoms with Crippen LogP contribution in [0.2, 0.25) is 0 Å². The summed E-state index contributed by atoms with van der Waals surface area (Å²) in [7, 11) is 0. The quantitative estimate of drug-likeness (QED) is 0.552. The summed E-state index contributed by atoms with van der Waals surface area (Å²) in [4.78, 5) is 0. The van der Waals surface area contributed by atoms with E-state index in [-0.39, 0.29) is 5.38 Å². The minimum Gasteiger partial charge on any atom is -0.118 e. The van der Waals surface area contributed by atoms with Crippen LogP contribution < -0.4 is 0 Å². The molecule has 0 N–H and O–H groups in total. The molecule has 0 spiro atoms. The van der Waals surface area contributed by atoms with Crippen LogP contribution in [0.1, 0.15) is 69.4 Å². The van der Waals surface area contributed by atoms with E-state index in [1.54, 1.807) is 0 Å². The first kappa shape index (κ1) is 14.6. The monoisotopic (exact) mass is 252 g/mol. The van der Waals surface area contributed by atoms with Crippen LogP contribution in [-0.4, -0.2) is 0 Å². The number of halogens is 1. The summed E-state index contributed by atoms with van der Waals surface area (Å²) in [6, 6.07) is 8.85. The van der Waals surface area contributed by atoms with E-state index in [0.29, 0.717) is 5.92 Å². The minimum atomic E-state index is 0.170. The molecule has 0 radical (unpaired) electrons. The van der Waals surface area contributed by atoms with Gasteiger partial charge in [0.15, 0.2) is 0 Å². The fraction of sp³-hybridized carbons (Fsp3) is 0.625. The molecular formula is C16H25Cl. The lowest BCUT2D eigenvalue weighted by Gasteiger charge is -2.14. The first-order valence-corrected chi connectivity index (χ1v) is 7.22. The van der Waals surface area contributed by atoms with Crippen LogP contribution in [-0.2, 0) is 0 Å². The van der Waals surface area contributed by atoms with E-state index in [4.69, 9.17) is 11.6 Å². The van der Waals surface area contributed by atoms with Crippen LogP contribution in [0.25, 0.3) is 0 Å². The highest BCUT2D eigenvalue weighted by atomic mass is 35.5. The number of rotatable bonds is 6. The molecule has 0 aliphatic rings. The van der Waals surface area contributed by atoms with Crippen molar-refractivity contribution >= 4 is 11.6 Å². The van der Waals surface area contributed by atoms with Gasteiger partial charge in [0.25, 0.3) is 0 Å². The van der Waals surface area contributed by atoms with Gasteiger partial charge in [0.2, 0.25) is 0 Å². The van der Waals surface area contributed by atoms with Crippen molar-refractivity contribution < 1.29 is 0 Å². The third-order valence-electron chi connectivity index (χ3n) is 3.48. The minimum absolute atomic E-state index is 0.170. The topological polar surface area (TPSA) is 0 Å². The van der Waals surface area contributed by atoms with E-state index in [1.165, 1.54) is 24.0 Å². The molecule has 1 rings (SSSR count). The molecule has 0 nitrogen and oxygen atoms in total. The molecule has 0 bridgehead atoms. The van der Waals surface area contributed by atoms with E-state index in [1.807, 2.05) is 0 Å². The lowest BCUT2D eigenvalue weighted by molar-refractivity contribution is 0.549. The fourth-order valence-electron chi connectivity index (χ4n) is 1.92. The van der Waals surface area contributed by atoms with Crippen molar-refractivity contribution in [2.45, 2.75) is 58.3 Å². The predicted octanol–water partition coefficient (Wildman–Crippen LogP) is 5.92. The molecule has 0 fully saturated rings.